The number of rotatable bonds is 1. The van der Waals surface area contributed by atoms with Crippen LogP contribution in [0.5, 0.6) is 0 Å². The molecular formula is C8H9NO2S. The lowest BCUT2D eigenvalue weighted by Gasteiger charge is -2.03. The predicted octanol–water partition coefficient (Wildman–Crippen LogP) is 1.21. The van der Waals surface area contributed by atoms with Gasteiger partial charge in [-0.2, -0.15) is 0 Å². The summed E-state index contributed by atoms with van der Waals surface area (Å²) in [5.41, 5.74) is 0. The van der Waals surface area contributed by atoms with Gasteiger partial charge in [-0.05, 0) is 11.8 Å². The van der Waals surface area contributed by atoms with Gasteiger partial charge in [0.25, 0.3) is 0 Å². The van der Waals surface area contributed by atoms with Gasteiger partial charge in [-0.3, -0.25) is 0 Å². The first-order valence-corrected chi connectivity index (χ1v) is 4.80. The zero-order valence-corrected chi connectivity index (χ0v) is 7.56. The molecule has 0 aliphatic carbocycles. The standard InChI is InChI=1S/C8H9NO2S/c1-5-2-6(4-12-5)8-9-3-7(10)11-8/h2,6H,3-4H2,1H3. The molecule has 1 atom stereocenters. The van der Waals surface area contributed by atoms with Crippen LogP contribution < -0.4 is 0 Å². The van der Waals surface area contributed by atoms with E-state index in [0.29, 0.717) is 5.90 Å². The molecule has 2 heterocycles. The highest BCUT2D eigenvalue weighted by Crippen LogP contribution is 2.30. The van der Waals surface area contributed by atoms with Gasteiger partial charge in [0.1, 0.15) is 6.54 Å². The van der Waals surface area contributed by atoms with E-state index in [0.717, 1.165) is 5.75 Å². The monoisotopic (exact) mass is 183 g/mol. The molecule has 0 aromatic rings. The molecule has 0 fully saturated rings. The Morgan fingerprint density at radius 1 is 1.75 bits per heavy atom. The Morgan fingerprint density at radius 3 is 3.08 bits per heavy atom. The van der Waals surface area contributed by atoms with Crippen LogP contribution in [0.2, 0.25) is 0 Å². The van der Waals surface area contributed by atoms with Crippen molar-refractivity contribution in [1.29, 1.82) is 0 Å². The lowest BCUT2D eigenvalue weighted by atomic mass is 10.1. The van der Waals surface area contributed by atoms with Gasteiger partial charge in [0.2, 0.25) is 5.90 Å². The molecule has 0 spiro atoms. The Kier molecular flexibility index (Phi) is 1.92. The SMILES string of the molecule is CC1=CC(C2=NCC(=O)O2)CS1. The summed E-state index contributed by atoms with van der Waals surface area (Å²) in [4.78, 5) is 16.0. The Balaban J connectivity index is 2.07. The van der Waals surface area contributed by atoms with Crippen molar-refractivity contribution in [2.75, 3.05) is 12.3 Å². The van der Waals surface area contributed by atoms with Crippen LogP contribution in [0.3, 0.4) is 0 Å². The van der Waals surface area contributed by atoms with Gasteiger partial charge in [-0.15, -0.1) is 11.8 Å². The molecule has 0 bridgehead atoms. The van der Waals surface area contributed by atoms with Crippen LogP contribution in [0.4, 0.5) is 0 Å². The van der Waals surface area contributed by atoms with E-state index in [-0.39, 0.29) is 18.4 Å². The summed E-state index contributed by atoms with van der Waals surface area (Å²) in [6, 6.07) is 0. The maximum Gasteiger partial charge on any atom is 0.334 e. The number of thioether (sulfide) groups is 1. The van der Waals surface area contributed by atoms with Crippen molar-refractivity contribution in [3.8, 4) is 0 Å². The Morgan fingerprint density at radius 2 is 2.58 bits per heavy atom. The first-order valence-electron chi connectivity index (χ1n) is 3.82. The topological polar surface area (TPSA) is 38.7 Å². The summed E-state index contributed by atoms with van der Waals surface area (Å²) in [7, 11) is 0. The molecule has 2 aliphatic heterocycles. The molecule has 1 unspecified atom stereocenters. The number of carbonyl (C=O) groups excluding carboxylic acids is 1. The van der Waals surface area contributed by atoms with E-state index in [2.05, 4.69) is 18.0 Å². The number of esters is 1. The molecule has 0 radical (unpaired) electrons. The van der Waals surface area contributed by atoms with Gasteiger partial charge in [-0.25, -0.2) is 9.79 Å². The van der Waals surface area contributed by atoms with Crippen molar-refractivity contribution in [3.05, 3.63) is 11.0 Å². The molecule has 12 heavy (non-hydrogen) atoms. The second-order valence-electron chi connectivity index (χ2n) is 2.82. The average molecular weight is 183 g/mol. The maximum atomic E-state index is 10.7. The molecule has 0 amide bonds. The number of ether oxygens (including phenoxy) is 1. The third-order valence-electron chi connectivity index (χ3n) is 1.83. The quantitative estimate of drug-likeness (QED) is 0.573. The molecule has 0 N–H and O–H groups in total. The minimum atomic E-state index is -0.229. The zero-order valence-electron chi connectivity index (χ0n) is 6.74. The van der Waals surface area contributed by atoms with Gasteiger partial charge in [0, 0.05) is 5.75 Å². The van der Waals surface area contributed by atoms with Crippen LogP contribution in [0, 0.1) is 5.92 Å². The zero-order chi connectivity index (χ0) is 8.55. The molecule has 0 aromatic carbocycles. The van der Waals surface area contributed by atoms with Crippen molar-refractivity contribution < 1.29 is 9.53 Å². The molecular weight excluding hydrogens is 174 g/mol. The van der Waals surface area contributed by atoms with E-state index in [4.69, 9.17) is 4.74 Å². The maximum absolute atomic E-state index is 10.7. The second-order valence-corrected chi connectivity index (χ2v) is 4.09. The van der Waals surface area contributed by atoms with Gasteiger partial charge < -0.3 is 4.74 Å². The number of hydrogen-bond acceptors (Lipinski definition) is 4. The summed E-state index contributed by atoms with van der Waals surface area (Å²) < 4.78 is 4.95. The first-order chi connectivity index (χ1) is 5.75. The Labute approximate surface area is 74.9 Å². The van der Waals surface area contributed by atoms with Crippen molar-refractivity contribution in [2.24, 2.45) is 10.9 Å². The highest BCUT2D eigenvalue weighted by Gasteiger charge is 2.26. The molecule has 4 heteroatoms. The first kappa shape index (κ1) is 7.86. The summed E-state index contributed by atoms with van der Waals surface area (Å²) in [5, 5.41) is 0. The molecule has 64 valence electrons. The van der Waals surface area contributed by atoms with E-state index in [1.165, 1.54) is 4.91 Å². The van der Waals surface area contributed by atoms with Crippen LogP contribution in [0.25, 0.3) is 0 Å². The smallest absolute Gasteiger partial charge is 0.334 e. The number of allylic oxidation sites excluding steroid dienone is 1. The van der Waals surface area contributed by atoms with E-state index < -0.39 is 0 Å². The third kappa shape index (κ3) is 1.39. The molecule has 2 rings (SSSR count). The van der Waals surface area contributed by atoms with Gasteiger partial charge in [0.15, 0.2) is 0 Å². The van der Waals surface area contributed by atoms with E-state index >= 15 is 0 Å². The average Bonchev–Trinajstić information content (AvgIpc) is 2.58. The number of nitrogens with zero attached hydrogens (tertiary/aromatic N) is 1. The number of aliphatic imine (C=N–C) groups is 1. The Hall–Kier alpha value is -0.770. The number of carbonyl (C=O) groups is 1. The largest absolute Gasteiger partial charge is 0.410 e. The highest BCUT2D eigenvalue weighted by atomic mass is 32.2. The fourth-order valence-electron chi connectivity index (χ4n) is 1.26. The fraction of sp³-hybridized carbons (Fsp3) is 0.500. The van der Waals surface area contributed by atoms with Crippen LogP contribution in [0.1, 0.15) is 6.92 Å². The summed E-state index contributed by atoms with van der Waals surface area (Å²) >= 11 is 1.78. The second kappa shape index (κ2) is 2.94. The number of hydrogen-bond donors (Lipinski definition) is 0. The molecule has 3 nitrogen and oxygen atoms in total. The van der Waals surface area contributed by atoms with Crippen molar-refractivity contribution in [1.82, 2.24) is 0 Å². The normalized spacial score (nSPS) is 28.4. The van der Waals surface area contributed by atoms with Crippen molar-refractivity contribution >= 4 is 23.6 Å². The molecule has 0 saturated heterocycles. The van der Waals surface area contributed by atoms with Crippen LogP contribution >= 0.6 is 11.8 Å². The Bertz CT molecular complexity index is 283. The summed E-state index contributed by atoms with van der Waals surface area (Å²) in [5.74, 6) is 1.55. The minimum absolute atomic E-state index is 0.198. The van der Waals surface area contributed by atoms with Crippen molar-refractivity contribution in [2.45, 2.75) is 6.92 Å². The van der Waals surface area contributed by atoms with Gasteiger partial charge >= 0.3 is 5.97 Å². The third-order valence-corrected chi connectivity index (χ3v) is 2.94. The lowest BCUT2D eigenvalue weighted by Crippen LogP contribution is -2.14. The molecule has 0 saturated carbocycles. The fourth-order valence-corrected chi connectivity index (χ4v) is 2.20. The van der Waals surface area contributed by atoms with E-state index in [1.807, 2.05) is 0 Å². The van der Waals surface area contributed by atoms with Crippen LogP contribution in [-0.4, -0.2) is 24.2 Å². The van der Waals surface area contributed by atoms with Gasteiger partial charge in [-0.1, -0.05) is 6.08 Å². The molecule has 0 aromatic heterocycles. The van der Waals surface area contributed by atoms with Gasteiger partial charge in [0.05, 0.1) is 5.92 Å². The van der Waals surface area contributed by atoms with Crippen LogP contribution in [0.15, 0.2) is 16.0 Å². The lowest BCUT2D eigenvalue weighted by molar-refractivity contribution is -0.132. The minimum Gasteiger partial charge on any atom is -0.410 e. The van der Waals surface area contributed by atoms with Crippen molar-refractivity contribution in [3.63, 3.8) is 0 Å². The van der Waals surface area contributed by atoms with E-state index in [9.17, 15) is 4.79 Å². The van der Waals surface area contributed by atoms with E-state index in [1.54, 1.807) is 11.8 Å². The predicted molar refractivity (Wildman–Crippen MR) is 48.1 cm³/mol. The van der Waals surface area contributed by atoms with Crippen LogP contribution in [-0.2, 0) is 9.53 Å². The summed E-state index contributed by atoms with van der Waals surface area (Å²) in [6.07, 6.45) is 2.10. The highest BCUT2D eigenvalue weighted by molar-refractivity contribution is 8.03. The molecule has 2 aliphatic rings. The summed E-state index contributed by atoms with van der Waals surface area (Å²) in [6.45, 7) is 2.26. The number of cyclic esters (lactones) is 1.